The maximum Gasteiger partial charge on any atom is 0.225 e. The molecule has 152 valence electrons. The zero-order valence-electron chi connectivity index (χ0n) is 16.7. The third kappa shape index (κ3) is 4.71. The molecule has 2 aliphatic rings. The van der Waals surface area contributed by atoms with Crippen LogP contribution in [0.2, 0.25) is 0 Å². The summed E-state index contributed by atoms with van der Waals surface area (Å²) in [5.74, 6) is 0.988. The van der Waals surface area contributed by atoms with Gasteiger partial charge in [-0.2, -0.15) is 0 Å². The smallest absolute Gasteiger partial charge is 0.225 e. The van der Waals surface area contributed by atoms with Gasteiger partial charge in [-0.25, -0.2) is 9.97 Å². The van der Waals surface area contributed by atoms with Crippen LogP contribution in [0.4, 0.5) is 5.95 Å². The van der Waals surface area contributed by atoms with Crippen LogP contribution in [0, 0.1) is 5.92 Å². The molecule has 0 atom stereocenters. The number of fused-ring (bicyclic) bond motifs is 1. The highest BCUT2D eigenvalue weighted by atomic mass is 16.3. The summed E-state index contributed by atoms with van der Waals surface area (Å²) in [5, 5.41) is 12.5. The van der Waals surface area contributed by atoms with E-state index in [1.165, 1.54) is 29.1 Å². The van der Waals surface area contributed by atoms with Crippen LogP contribution in [0.1, 0.15) is 40.7 Å². The first-order valence-electron chi connectivity index (χ1n) is 10.4. The van der Waals surface area contributed by atoms with Crippen molar-refractivity contribution in [1.82, 2.24) is 15.3 Å². The number of benzene rings is 1. The summed E-state index contributed by atoms with van der Waals surface area (Å²) in [6.07, 6.45) is 9.75. The van der Waals surface area contributed by atoms with Gasteiger partial charge in [0.05, 0.1) is 5.56 Å². The second kappa shape index (κ2) is 9.29. The highest BCUT2D eigenvalue weighted by Gasteiger charge is 2.21. The number of Topliss-reactive ketones (excluding diaryl/α,β-unsaturated/α-hetero) is 1. The fraction of sp³-hybridized carbons (Fsp3) is 0.435. The number of carbonyl (C=O) groups is 1. The van der Waals surface area contributed by atoms with Crippen molar-refractivity contribution in [3.8, 4) is 0 Å². The average Bonchev–Trinajstić information content (AvgIpc) is 3.20. The summed E-state index contributed by atoms with van der Waals surface area (Å²) in [7, 11) is 0. The monoisotopic (exact) mass is 392 g/mol. The van der Waals surface area contributed by atoms with Crippen molar-refractivity contribution in [2.75, 3.05) is 37.7 Å². The van der Waals surface area contributed by atoms with Gasteiger partial charge in [-0.3, -0.25) is 4.79 Å². The number of nitrogens with zero attached hydrogens (tertiary/aromatic N) is 3. The Bertz CT molecular complexity index is 871. The number of nitrogens with one attached hydrogen (secondary N) is 1. The number of piperidine rings is 1. The Morgan fingerprint density at radius 3 is 2.69 bits per heavy atom. The van der Waals surface area contributed by atoms with Crippen molar-refractivity contribution in [1.29, 1.82) is 0 Å². The van der Waals surface area contributed by atoms with Gasteiger partial charge in [-0.1, -0.05) is 30.3 Å². The lowest BCUT2D eigenvalue weighted by atomic mass is 9.97. The number of aliphatic hydroxyl groups excluding tert-OH is 1. The predicted octanol–water partition coefficient (Wildman–Crippen LogP) is 2.49. The van der Waals surface area contributed by atoms with Crippen molar-refractivity contribution in [2.24, 2.45) is 5.92 Å². The van der Waals surface area contributed by atoms with Crippen LogP contribution in [0.25, 0.3) is 5.57 Å². The lowest BCUT2D eigenvalue weighted by Crippen LogP contribution is -2.38. The first-order chi connectivity index (χ1) is 14.2. The van der Waals surface area contributed by atoms with Gasteiger partial charge >= 0.3 is 0 Å². The van der Waals surface area contributed by atoms with Crippen LogP contribution in [-0.2, 0) is 6.42 Å². The Hall–Kier alpha value is -2.57. The lowest BCUT2D eigenvalue weighted by molar-refractivity contribution is 0.0903. The molecule has 0 bridgehead atoms. The SMILES string of the molecule is O=C(CO)c1cnc(N2CCC(CNCCC3=CCc4ccccc43)CC2)nc1. The predicted molar refractivity (Wildman–Crippen MR) is 114 cm³/mol. The minimum atomic E-state index is -0.509. The molecule has 0 unspecified atom stereocenters. The molecule has 2 aromatic rings. The van der Waals surface area contributed by atoms with Gasteiger partial charge in [0.25, 0.3) is 0 Å². The molecule has 4 rings (SSSR count). The number of hydrogen-bond donors (Lipinski definition) is 2. The third-order valence-electron chi connectivity index (χ3n) is 5.94. The first-order valence-corrected chi connectivity index (χ1v) is 10.4. The van der Waals surface area contributed by atoms with Gasteiger partial charge < -0.3 is 15.3 Å². The quantitative estimate of drug-likeness (QED) is 0.531. The molecule has 1 aliphatic carbocycles. The molecule has 0 amide bonds. The van der Waals surface area contributed by atoms with Crippen LogP contribution < -0.4 is 10.2 Å². The Labute approximate surface area is 171 Å². The van der Waals surface area contributed by atoms with Crippen molar-refractivity contribution >= 4 is 17.3 Å². The van der Waals surface area contributed by atoms with E-state index in [4.69, 9.17) is 5.11 Å². The van der Waals surface area contributed by atoms with Gasteiger partial charge in [-0.05, 0) is 61.4 Å². The molecule has 6 nitrogen and oxygen atoms in total. The maximum atomic E-state index is 11.5. The van der Waals surface area contributed by atoms with Crippen molar-refractivity contribution in [3.05, 3.63) is 59.4 Å². The van der Waals surface area contributed by atoms with E-state index in [1.54, 1.807) is 0 Å². The van der Waals surface area contributed by atoms with Crippen LogP contribution in [-0.4, -0.2) is 53.6 Å². The molecular formula is C23H28N4O2. The summed E-state index contributed by atoms with van der Waals surface area (Å²) >= 11 is 0. The van der Waals surface area contributed by atoms with E-state index in [9.17, 15) is 4.79 Å². The number of ketones is 1. The van der Waals surface area contributed by atoms with E-state index in [-0.39, 0.29) is 5.78 Å². The van der Waals surface area contributed by atoms with E-state index in [0.29, 0.717) is 17.4 Å². The minimum Gasteiger partial charge on any atom is -0.388 e. The molecule has 6 heteroatoms. The van der Waals surface area contributed by atoms with Crippen LogP contribution in [0.15, 0.2) is 42.7 Å². The fourth-order valence-electron chi connectivity index (χ4n) is 4.18. The van der Waals surface area contributed by atoms with Gasteiger partial charge in [0, 0.05) is 25.5 Å². The molecule has 1 aromatic carbocycles. The summed E-state index contributed by atoms with van der Waals surface area (Å²) < 4.78 is 0. The average molecular weight is 393 g/mol. The van der Waals surface area contributed by atoms with Crippen molar-refractivity contribution in [3.63, 3.8) is 0 Å². The molecule has 0 saturated carbocycles. The lowest BCUT2D eigenvalue weighted by Gasteiger charge is -2.32. The van der Waals surface area contributed by atoms with Gasteiger partial charge in [0.2, 0.25) is 5.95 Å². The number of aromatic nitrogens is 2. The first kappa shape index (κ1) is 19.7. The second-order valence-corrected chi connectivity index (χ2v) is 7.83. The summed E-state index contributed by atoms with van der Waals surface area (Å²) in [6, 6.07) is 8.70. The standard InChI is InChI=1S/C23H28N4O2/c28-16-22(29)20-14-25-23(26-15-20)27-11-8-17(9-12-27)13-24-10-7-19-6-5-18-3-1-2-4-21(18)19/h1-4,6,14-15,17,24,28H,5,7-13,16H2. The number of allylic oxidation sites excluding steroid dienone is 1. The largest absolute Gasteiger partial charge is 0.388 e. The molecule has 2 heterocycles. The molecule has 1 fully saturated rings. The Balaban J connectivity index is 1.17. The number of hydrogen-bond acceptors (Lipinski definition) is 6. The Morgan fingerprint density at radius 2 is 1.93 bits per heavy atom. The van der Waals surface area contributed by atoms with Crippen molar-refractivity contribution < 1.29 is 9.90 Å². The topological polar surface area (TPSA) is 78.3 Å². The summed E-state index contributed by atoms with van der Waals surface area (Å²) in [5.41, 5.74) is 4.71. The number of aliphatic hydroxyl groups is 1. The van der Waals surface area contributed by atoms with Gasteiger partial charge in [0.1, 0.15) is 6.61 Å². The van der Waals surface area contributed by atoms with Gasteiger partial charge in [-0.15, -0.1) is 0 Å². The second-order valence-electron chi connectivity index (χ2n) is 7.83. The number of rotatable bonds is 8. The minimum absolute atomic E-state index is 0.349. The number of anilines is 1. The Morgan fingerprint density at radius 1 is 1.17 bits per heavy atom. The van der Waals surface area contributed by atoms with Crippen LogP contribution in [0.3, 0.4) is 0 Å². The Kier molecular flexibility index (Phi) is 6.32. The molecule has 1 aromatic heterocycles. The van der Waals surface area contributed by atoms with Gasteiger partial charge in [0.15, 0.2) is 5.78 Å². The zero-order chi connectivity index (χ0) is 20.1. The van der Waals surface area contributed by atoms with Crippen LogP contribution >= 0.6 is 0 Å². The fourth-order valence-corrected chi connectivity index (χ4v) is 4.18. The van der Waals surface area contributed by atoms with Crippen LogP contribution in [0.5, 0.6) is 0 Å². The third-order valence-corrected chi connectivity index (χ3v) is 5.94. The van der Waals surface area contributed by atoms with E-state index >= 15 is 0 Å². The number of carbonyl (C=O) groups excluding carboxylic acids is 1. The molecule has 1 saturated heterocycles. The van der Waals surface area contributed by atoms with E-state index in [0.717, 1.165) is 51.9 Å². The molecule has 29 heavy (non-hydrogen) atoms. The molecule has 0 radical (unpaired) electrons. The molecule has 2 N–H and O–H groups in total. The zero-order valence-corrected chi connectivity index (χ0v) is 16.7. The summed E-state index contributed by atoms with van der Waals surface area (Å²) in [6.45, 7) is 3.42. The molecule has 1 aliphatic heterocycles. The highest BCUT2D eigenvalue weighted by molar-refractivity contribution is 5.96. The molecule has 0 spiro atoms. The van der Waals surface area contributed by atoms with Crippen molar-refractivity contribution in [2.45, 2.75) is 25.7 Å². The van der Waals surface area contributed by atoms with E-state index in [1.807, 2.05) is 0 Å². The highest BCUT2D eigenvalue weighted by Crippen LogP contribution is 2.29. The van der Waals surface area contributed by atoms with E-state index < -0.39 is 6.61 Å². The molecular weight excluding hydrogens is 364 g/mol. The summed E-state index contributed by atoms with van der Waals surface area (Å²) in [4.78, 5) is 22.2. The normalized spacial score (nSPS) is 16.6. The van der Waals surface area contributed by atoms with E-state index in [2.05, 4.69) is 50.5 Å². The maximum absolute atomic E-state index is 11.5.